The van der Waals surface area contributed by atoms with Gasteiger partial charge in [-0.15, -0.1) is 0 Å². The first-order valence-corrected chi connectivity index (χ1v) is 5.30. The highest BCUT2D eigenvalue weighted by molar-refractivity contribution is 5.81. The van der Waals surface area contributed by atoms with Crippen LogP contribution in [-0.2, 0) is 9.53 Å². The van der Waals surface area contributed by atoms with Gasteiger partial charge in [-0.25, -0.2) is 4.79 Å². The maximum Gasteiger partial charge on any atom is 0.330 e. The van der Waals surface area contributed by atoms with Crippen LogP contribution in [0.5, 0.6) is 0 Å². The molecule has 0 bridgehead atoms. The molecule has 0 aromatic rings. The second-order valence-electron chi connectivity index (χ2n) is 3.69. The zero-order valence-electron chi connectivity index (χ0n) is 8.95. The number of carbonyl (C=O) groups is 1. The van der Waals surface area contributed by atoms with E-state index in [-0.39, 0.29) is 5.97 Å². The first-order valence-electron chi connectivity index (χ1n) is 5.30. The van der Waals surface area contributed by atoms with Crippen LogP contribution in [0.2, 0.25) is 0 Å². The van der Waals surface area contributed by atoms with Crippen molar-refractivity contribution in [1.82, 2.24) is 5.32 Å². The van der Waals surface area contributed by atoms with Crippen LogP contribution < -0.4 is 5.32 Å². The highest BCUT2D eigenvalue weighted by Crippen LogP contribution is 2.32. The van der Waals surface area contributed by atoms with Crippen molar-refractivity contribution in [1.29, 1.82) is 0 Å². The van der Waals surface area contributed by atoms with E-state index in [0.717, 1.165) is 12.5 Å². The van der Waals surface area contributed by atoms with Gasteiger partial charge in [-0.2, -0.15) is 0 Å². The molecule has 1 N–H and O–H groups in total. The summed E-state index contributed by atoms with van der Waals surface area (Å²) >= 11 is 0. The maximum atomic E-state index is 10.9. The van der Waals surface area contributed by atoms with E-state index in [1.807, 2.05) is 6.08 Å². The van der Waals surface area contributed by atoms with Gasteiger partial charge in [0.05, 0.1) is 6.61 Å². The lowest BCUT2D eigenvalue weighted by Gasteiger charge is -2.09. The Kier molecular flexibility index (Phi) is 4.66. The van der Waals surface area contributed by atoms with Gasteiger partial charge in [0.15, 0.2) is 0 Å². The number of rotatable bonds is 6. The molecule has 0 aromatic carbocycles. The largest absolute Gasteiger partial charge is 0.463 e. The van der Waals surface area contributed by atoms with Crippen LogP contribution in [-0.4, -0.2) is 25.2 Å². The van der Waals surface area contributed by atoms with Crippen molar-refractivity contribution in [2.24, 2.45) is 5.92 Å². The molecule has 14 heavy (non-hydrogen) atoms. The Morgan fingerprint density at radius 2 is 2.36 bits per heavy atom. The van der Waals surface area contributed by atoms with E-state index < -0.39 is 0 Å². The summed E-state index contributed by atoms with van der Waals surface area (Å²) in [6.45, 7) is 5.18. The lowest BCUT2D eigenvalue weighted by atomic mass is 10.2. The van der Waals surface area contributed by atoms with Gasteiger partial charge < -0.3 is 10.1 Å². The zero-order chi connectivity index (χ0) is 10.4. The maximum absolute atomic E-state index is 10.9. The number of hydrogen-bond acceptors (Lipinski definition) is 3. The predicted molar refractivity (Wildman–Crippen MR) is 56.0 cm³/mol. The summed E-state index contributed by atoms with van der Waals surface area (Å²) in [5, 5.41) is 3.35. The quantitative estimate of drug-likeness (QED) is 0.518. The fourth-order valence-corrected chi connectivity index (χ4v) is 1.36. The Morgan fingerprint density at radius 3 is 2.93 bits per heavy atom. The third-order valence-corrected chi connectivity index (χ3v) is 2.43. The van der Waals surface area contributed by atoms with Crippen molar-refractivity contribution in [2.45, 2.75) is 32.7 Å². The van der Waals surface area contributed by atoms with Gasteiger partial charge in [0.25, 0.3) is 0 Å². The van der Waals surface area contributed by atoms with E-state index >= 15 is 0 Å². The molecular weight excluding hydrogens is 178 g/mol. The SMILES string of the molecule is CCOC(=O)/C=C/CNC(C)C1CC1. The molecule has 0 spiro atoms. The first kappa shape index (κ1) is 11.2. The van der Waals surface area contributed by atoms with Gasteiger partial charge >= 0.3 is 5.97 Å². The minimum atomic E-state index is -0.256. The van der Waals surface area contributed by atoms with Crippen molar-refractivity contribution in [3.63, 3.8) is 0 Å². The minimum Gasteiger partial charge on any atom is -0.463 e. The molecule has 0 aliphatic heterocycles. The molecule has 1 aliphatic carbocycles. The van der Waals surface area contributed by atoms with Gasteiger partial charge in [0.2, 0.25) is 0 Å². The van der Waals surface area contributed by atoms with Crippen LogP contribution in [0.15, 0.2) is 12.2 Å². The van der Waals surface area contributed by atoms with Gasteiger partial charge in [-0.3, -0.25) is 0 Å². The van der Waals surface area contributed by atoms with Crippen LogP contribution in [0.4, 0.5) is 0 Å². The second-order valence-corrected chi connectivity index (χ2v) is 3.69. The van der Waals surface area contributed by atoms with Crippen molar-refractivity contribution in [2.75, 3.05) is 13.2 Å². The van der Waals surface area contributed by atoms with E-state index in [1.165, 1.54) is 18.9 Å². The van der Waals surface area contributed by atoms with Crippen LogP contribution in [0.25, 0.3) is 0 Å². The number of hydrogen-bond donors (Lipinski definition) is 1. The Labute approximate surface area is 85.5 Å². The first-order chi connectivity index (χ1) is 6.74. The molecule has 80 valence electrons. The number of carbonyl (C=O) groups excluding carboxylic acids is 1. The lowest BCUT2D eigenvalue weighted by molar-refractivity contribution is -0.137. The highest BCUT2D eigenvalue weighted by atomic mass is 16.5. The molecule has 1 unspecified atom stereocenters. The topological polar surface area (TPSA) is 38.3 Å². The lowest BCUT2D eigenvalue weighted by Crippen LogP contribution is -2.27. The molecule has 3 nitrogen and oxygen atoms in total. The van der Waals surface area contributed by atoms with Crippen LogP contribution in [0.3, 0.4) is 0 Å². The molecule has 1 saturated carbocycles. The van der Waals surface area contributed by atoms with Crippen LogP contribution in [0, 0.1) is 5.92 Å². The Balaban J connectivity index is 2.04. The zero-order valence-corrected chi connectivity index (χ0v) is 8.95. The molecule has 0 amide bonds. The molecule has 0 aromatic heterocycles. The number of ether oxygens (including phenoxy) is 1. The Bertz CT molecular complexity index is 209. The smallest absolute Gasteiger partial charge is 0.330 e. The normalized spacial score (nSPS) is 18.4. The van der Waals surface area contributed by atoms with Gasteiger partial charge in [0.1, 0.15) is 0 Å². The van der Waals surface area contributed by atoms with Crippen molar-refractivity contribution in [3.05, 3.63) is 12.2 Å². The summed E-state index contributed by atoms with van der Waals surface area (Å²) in [4.78, 5) is 10.9. The predicted octanol–water partition coefficient (Wildman–Crippen LogP) is 1.49. The van der Waals surface area contributed by atoms with Gasteiger partial charge in [0, 0.05) is 18.7 Å². The van der Waals surface area contributed by atoms with Crippen LogP contribution >= 0.6 is 0 Å². The van der Waals surface area contributed by atoms with E-state index in [2.05, 4.69) is 12.2 Å². The average Bonchev–Trinajstić information content (AvgIpc) is 2.95. The van der Waals surface area contributed by atoms with Gasteiger partial charge in [-0.05, 0) is 32.6 Å². The summed E-state index contributed by atoms with van der Waals surface area (Å²) in [5.74, 6) is 0.597. The van der Waals surface area contributed by atoms with E-state index in [1.54, 1.807) is 6.92 Å². The Morgan fingerprint density at radius 1 is 1.64 bits per heavy atom. The minimum absolute atomic E-state index is 0.256. The third-order valence-electron chi connectivity index (χ3n) is 2.43. The second kappa shape index (κ2) is 5.81. The molecule has 0 radical (unpaired) electrons. The average molecular weight is 197 g/mol. The summed E-state index contributed by atoms with van der Waals surface area (Å²) in [7, 11) is 0. The molecule has 1 fully saturated rings. The van der Waals surface area contributed by atoms with E-state index in [4.69, 9.17) is 4.74 Å². The molecule has 0 heterocycles. The van der Waals surface area contributed by atoms with Crippen molar-refractivity contribution < 1.29 is 9.53 Å². The van der Waals surface area contributed by atoms with Crippen LogP contribution in [0.1, 0.15) is 26.7 Å². The van der Waals surface area contributed by atoms with E-state index in [0.29, 0.717) is 12.6 Å². The van der Waals surface area contributed by atoms with Crippen molar-refractivity contribution in [3.8, 4) is 0 Å². The van der Waals surface area contributed by atoms with Gasteiger partial charge in [-0.1, -0.05) is 6.08 Å². The third kappa shape index (κ3) is 4.42. The summed E-state index contributed by atoms with van der Waals surface area (Å²) < 4.78 is 4.76. The Hall–Kier alpha value is -0.830. The number of esters is 1. The van der Waals surface area contributed by atoms with Crippen molar-refractivity contribution >= 4 is 5.97 Å². The molecule has 0 saturated heterocycles. The number of nitrogens with one attached hydrogen (secondary N) is 1. The summed E-state index contributed by atoms with van der Waals surface area (Å²) in [6, 6.07) is 0.571. The highest BCUT2D eigenvalue weighted by Gasteiger charge is 2.26. The summed E-state index contributed by atoms with van der Waals surface area (Å²) in [5.41, 5.74) is 0. The molecule has 1 aliphatic rings. The fraction of sp³-hybridized carbons (Fsp3) is 0.727. The molecular formula is C11H19NO2. The molecule has 1 rings (SSSR count). The standard InChI is InChI=1S/C11H19NO2/c1-3-14-11(13)5-4-8-12-9(2)10-6-7-10/h4-5,9-10,12H,3,6-8H2,1-2H3/b5-4+. The molecule has 1 atom stereocenters. The monoisotopic (exact) mass is 197 g/mol. The summed E-state index contributed by atoms with van der Waals surface area (Å²) in [6.07, 6.45) is 5.98. The van der Waals surface area contributed by atoms with E-state index in [9.17, 15) is 4.79 Å². The molecule has 3 heteroatoms. The fourth-order valence-electron chi connectivity index (χ4n) is 1.36.